The highest BCUT2D eigenvalue weighted by atomic mass is 35.5. The van der Waals surface area contributed by atoms with E-state index in [1.54, 1.807) is 12.1 Å². The van der Waals surface area contributed by atoms with Crippen molar-refractivity contribution in [3.63, 3.8) is 0 Å². The number of benzene rings is 1. The monoisotopic (exact) mass is 296 g/mol. The Hall–Kier alpha value is -1.26. The van der Waals surface area contributed by atoms with E-state index in [9.17, 15) is 4.79 Å². The van der Waals surface area contributed by atoms with Crippen LogP contribution in [0.1, 0.15) is 19.8 Å². The Balaban J connectivity index is 1.74. The van der Waals surface area contributed by atoms with Gasteiger partial charge in [-0.25, -0.2) is 0 Å². The average Bonchev–Trinajstić information content (AvgIpc) is 2.46. The Morgan fingerprint density at radius 1 is 1.50 bits per heavy atom. The van der Waals surface area contributed by atoms with Crippen LogP contribution in [0.25, 0.3) is 0 Å². The van der Waals surface area contributed by atoms with E-state index in [2.05, 4.69) is 10.6 Å². The summed E-state index contributed by atoms with van der Waals surface area (Å²) in [5.41, 5.74) is 0. The molecule has 0 bridgehead atoms. The van der Waals surface area contributed by atoms with Gasteiger partial charge in [0.25, 0.3) is 0 Å². The van der Waals surface area contributed by atoms with Crippen LogP contribution in [0.4, 0.5) is 0 Å². The van der Waals surface area contributed by atoms with Gasteiger partial charge < -0.3 is 15.4 Å². The van der Waals surface area contributed by atoms with Gasteiger partial charge in [0.2, 0.25) is 5.91 Å². The number of hydrogen-bond donors (Lipinski definition) is 2. The summed E-state index contributed by atoms with van der Waals surface area (Å²) in [6.07, 6.45) is 1.74. The van der Waals surface area contributed by atoms with Gasteiger partial charge in [0.05, 0.1) is 6.54 Å². The lowest BCUT2D eigenvalue weighted by atomic mass is 9.97. The van der Waals surface area contributed by atoms with Gasteiger partial charge >= 0.3 is 0 Å². The van der Waals surface area contributed by atoms with E-state index in [0.29, 0.717) is 11.6 Å². The van der Waals surface area contributed by atoms with Crippen molar-refractivity contribution >= 4 is 17.5 Å². The number of carbonyl (C=O) groups is 1. The van der Waals surface area contributed by atoms with Crippen molar-refractivity contribution in [2.24, 2.45) is 5.92 Å². The van der Waals surface area contributed by atoms with Gasteiger partial charge in [0.1, 0.15) is 11.9 Å². The van der Waals surface area contributed by atoms with E-state index in [1.165, 1.54) is 0 Å². The summed E-state index contributed by atoms with van der Waals surface area (Å²) in [4.78, 5) is 12.0. The van der Waals surface area contributed by atoms with Crippen LogP contribution < -0.4 is 15.4 Å². The lowest BCUT2D eigenvalue weighted by Crippen LogP contribution is -2.41. The highest BCUT2D eigenvalue weighted by Gasteiger charge is 2.21. The maximum absolute atomic E-state index is 12.0. The van der Waals surface area contributed by atoms with Gasteiger partial charge in [-0.15, -0.1) is 0 Å². The molecule has 2 rings (SSSR count). The number of amides is 1. The molecule has 1 aromatic rings. The summed E-state index contributed by atoms with van der Waals surface area (Å²) in [7, 11) is 0. The van der Waals surface area contributed by atoms with E-state index in [0.717, 1.165) is 31.7 Å². The predicted octanol–water partition coefficient (Wildman–Crippen LogP) is 2.22. The molecule has 4 nitrogen and oxygen atoms in total. The molecule has 1 saturated heterocycles. The molecule has 1 unspecified atom stereocenters. The minimum atomic E-state index is -0.0841. The molecule has 0 radical (unpaired) electrons. The fourth-order valence-corrected chi connectivity index (χ4v) is 2.47. The summed E-state index contributed by atoms with van der Waals surface area (Å²) < 4.78 is 5.72. The van der Waals surface area contributed by atoms with Crippen LogP contribution in [0.2, 0.25) is 5.02 Å². The molecule has 5 heteroatoms. The van der Waals surface area contributed by atoms with Gasteiger partial charge in [-0.2, -0.15) is 0 Å². The molecule has 0 aromatic heterocycles. The zero-order chi connectivity index (χ0) is 14.4. The molecule has 2 N–H and O–H groups in total. The number of hydrogen-bond acceptors (Lipinski definition) is 3. The van der Waals surface area contributed by atoms with E-state index in [1.807, 2.05) is 19.1 Å². The highest BCUT2D eigenvalue weighted by molar-refractivity contribution is 6.30. The van der Waals surface area contributed by atoms with Gasteiger partial charge in [-0.3, -0.25) is 4.79 Å². The zero-order valence-electron chi connectivity index (χ0n) is 11.7. The molecular weight excluding hydrogens is 276 g/mol. The zero-order valence-corrected chi connectivity index (χ0v) is 12.5. The second-order valence-electron chi connectivity index (χ2n) is 5.16. The van der Waals surface area contributed by atoms with Crippen LogP contribution in [-0.2, 0) is 4.79 Å². The molecule has 1 atom stereocenters. The van der Waals surface area contributed by atoms with Crippen LogP contribution in [0.3, 0.4) is 0 Å². The standard InChI is InChI=1S/C15H21ClN2O2/c1-11(20-14-4-2-3-13(16)9-14)10-18-15(19)12-5-7-17-8-6-12/h2-4,9,11-12,17H,5-8,10H2,1H3,(H,18,19). The number of rotatable bonds is 5. The molecule has 1 fully saturated rings. The lowest BCUT2D eigenvalue weighted by Gasteiger charge is -2.23. The van der Waals surface area contributed by atoms with Crippen molar-refractivity contribution in [3.05, 3.63) is 29.3 Å². The highest BCUT2D eigenvalue weighted by Crippen LogP contribution is 2.18. The molecular formula is C15H21ClN2O2. The third kappa shape index (κ3) is 4.69. The fourth-order valence-electron chi connectivity index (χ4n) is 2.29. The van der Waals surface area contributed by atoms with E-state index < -0.39 is 0 Å². The third-order valence-electron chi connectivity index (χ3n) is 3.41. The first-order chi connectivity index (χ1) is 9.65. The number of piperidine rings is 1. The van der Waals surface area contributed by atoms with Crippen molar-refractivity contribution in [1.82, 2.24) is 10.6 Å². The Labute approximate surface area is 124 Å². The Morgan fingerprint density at radius 2 is 2.25 bits per heavy atom. The SMILES string of the molecule is CC(CNC(=O)C1CCNCC1)Oc1cccc(Cl)c1. The molecule has 110 valence electrons. The molecule has 1 amide bonds. The first-order valence-electron chi connectivity index (χ1n) is 7.06. The van der Waals surface area contributed by atoms with Crippen LogP contribution >= 0.6 is 11.6 Å². The van der Waals surface area contributed by atoms with Crippen molar-refractivity contribution < 1.29 is 9.53 Å². The largest absolute Gasteiger partial charge is 0.489 e. The third-order valence-corrected chi connectivity index (χ3v) is 3.64. The second-order valence-corrected chi connectivity index (χ2v) is 5.59. The molecule has 0 saturated carbocycles. The van der Waals surface area contributed by atoms with E-state index in [4.69, 9.17) is 16.3 Å². The first-order valence-corrected chi connectivity index (χ1v) is 7.43. The van der Waals surface area contributed by atoms with E-state index in [-0.39, 0.29) is 17.9 Å². The maximum Gasteiger partial charge on any atom is 0.223 e. The fraction of sp³-hybridized carbons (Fsp3) is 0.533. The number of nitrogens with one attached hydrogen (secondary N) is 2. The van der Waals surface area contributed by atoms with Crippen LogP contribution in [0.5, 0.6) is 5.75 Å². The van der Waals surface area contributed by atoms with Crippen molar-refractivity contribution in [2.45, 2.75) is 25.9 Å². The maximum atomic E-state index is 12.0. The van der Waals surface area contributed by atoms with E-state index >= 15 is 0 Å². The topological polar surface area (TPSA) is 50.4 Å². The van der Waals surface area contributed by atoms with Gasteiger partial charge in [-0.05, 0) is 51.1 Å². The number of ether oxygens (including phenoxy) is 1. The molecule has 0 spiro atoms. The average molecular weight is 297 g/mol. The van der Waals surface area contributed by atoms with Crippen LogP contribution in [0.15, 0.2) is 24.3 Å². The quantitative estimate of drug-likeness (QED) is 0.876. The normalized spacial score (nSPS) is 17.5. The van der Waals surface area contributed by atoms with Gasteiger partial charge in [-0.1, -0.05) is 17.7 Å². The summed E-state index contributed by atoms with van der Waals surface area (Å²) in [5.74, 6) is 0.990. The molecule has 1 aromatic carbocycles. The minimum Gasteiger partial charge on any atom is -0.489 e. The summed E-state index contributed by atoms with van der Waals surface area (Å²) >= 11 is 5.90. The van der Waals surface area contributed by atoms with Crippen molar-refractivity contribution in [2.75, 3.05) is 19.6 Å². The number of carbonyl (C=O) groups excluding carboxylic acids is 1. The molecule has 20 heavy (non-hydrogen) atoms. The van der Waals surface area contributed by atoms with Gasteiger partial charge in [0, 0.05) is 10.9 Å². The first kappa shape index (κ1) is 15.1. The van der Waals surface area contributed by atoms with Gasteiger partial charge in [0.15, 0.2) is 0 Å². The van der Waals surface area contributed by atoms with Crippen LogP contribution in [0, 0.1) is 5.92 Å². The Morgan fingerprint density at radius 3 is 2.95 bits per heavy atom. The minimum absolute atomic E-state index is 0.0841. The Bertz CT molecular complexity index is 447. The molecule has 0 aliphatic carbocycles. The summed E-state index contributed by atoms with van der Waals surface area (Å²) in [6.45, 7) is 4.29. The second kappa shape index (κ2) is 7.50. The van der Waals surface area contributed by atoms with Crippen molar-refractivity contribution in [1.29, 1.82) is 0 Å². The summed E-state index contributed by atoms with van der Waals surface area (Å²) in [6, 6.07) is 7.28. The molecule has 1 aliphatic rings. The van der Waals surface area contributed by atoms with Crippen molar-refractivity contribution in [3.8, 4) is 5.75 Å². The smallest absolute Gasteiger partial charge is 0.223 e. The predicted molar refractivity (Wildman–Crippen MR) is 80.1 cm³/mol. The number of halogens is 1. The Kier molecular flexibility index (Phi) is 5.68. The molecule has 1 heterocycles. The van der Waals surface area contributed by atoms with Crippen LogP contribution in [-0.4, -0.2) is 31.6 Å². The summed E-state index contributed by atoms with van der Waals surface area (Å²) in [5, 5.41) is 6.86. The molecule has 1 aliphatic heterocycles. The lowest BCUT2D eigenvalue weighted by molar-refractivity contribution is -0.126.